The van der Waals surface area contributed by atoms with E-state index in [1.54, 1.807) is 30.6 Å². The summed E-state index contributed by atoms with van der Waals surface area (Å²) in [5, 5.41) is 12.2. The number of carboxylic acid groups (broad SMARTS) is 1. The second-order valence-corrected chi connectivity index (χ2v) is 5.86. The fraction of sp³-hybridized carbons (Fsp3) is 0.412. The first-order valence-corrected chi connectivity index (χ1v) is 7.94. The number of nitrogens with zero attached hydrogens (tertiary/aromatic N) is 2. The topological polar surface area (TPSA) is 101 Å². The Morgan fingerprint density at radius 3 is 2.62 bits per heavy atom. The van der Waals surface area contributed by atoms with Gasteiger partial charge in [0.15, 0.2) is 0 Å². The van der Waals surface area contributed by atoms with E-state index in [0.29, 0.717) is 42.7 Å². The summed E-state index contributed by atoms with van der Waals surface area (Å²) in [6.07, 6.45) is 4.57. The van der Waals surface area contributed by atoms with Crippen LogP contribution >= 0.6 is 0 Å². The van der Waals surface area contributed by atoms with Gasteiger partial charge in [-0.25, -0.2) is 0 Å². The molecule has 1 aliphatic rings. The Hall–Kier alpha value is -2.54. The van der Waals surface area contributed by atoms with Crippen LogP contribution in [0.2, 0.25) is 0 Å². The Balaban J connectivity index is 1.67. The number of aromatic nitrogens is 2. The number of carbonyl (C=O) groups is 2. The summed E-state index contributed by atoms with van der Waals surface area (Å²) in [6.45, 7) is 1.26. The largest absolute Gasteiger partial charge is 0.481 e. The number of benzene rings is 1. The molecule has 1 saturated heterocycles. The zero-order chi connectivity index (χ0) is 16.9. The molecule has 1 aliphatic heterocycles. The number of nitrogens with one attached hydrogen (secondary N) is 1. The van der Waals surface area contributed by atoms with Crippen LogP contribution in [0.25, 0.3) is 11.0 Å². The molecule has 2 aromatic rings. The predicted molar refractivity (Wildman–Crippen MR) is 86.5 cm³/mol. The molecule has 7 heteroatoms. The summed E-state index contributed by atoms with van der Waals surface area (Å²) in [5.41, 5.74) is 1.78. The molecule has 1 aromatic heterocycles. The van der Waals surface area contributed by atoms with Crippen molar-refractivity contribution in [2.75, 3.05) is 19.8 Å². The molecule has 1 fully saturated rings. The normalized spacial score (nSPS) is 16.7. The lowest BCUT2D eigenvalue weighted by Gasteiger charge is -2.27. The van der Waals surface area contributed by atoms with Crippen molar-refractivity contribution in [3.8, 4) is 0 Å². The number of carbonyl (C=O) groups excluding carboxylic acids is 1. The molecule has 2 heterocycles. The zero-order valence-electron chi connectivity index (χ0n) is 13.1. The van der Waals surface area contributed by atoms with E-state index in [4.69, 9.17) is 4.74 Å². The minimum atomic E-state index is -0.883. The van der Waals surface area contributed by atoms with Crippen molar-refractivity contribution in [1.82, 2.24) is 15.3 Å². The Morgan fingerprint density at radius 1 is 1.21 bits per heavy atom. The highest BCUT2D eigenvalue weighted by molar-refractivity contribution is 5.97. The van der Waals surface area contributed by atoms with Gasteiger partial charge < -0.3 is 15.2 Å². The third-order valence-corrected chi connectivity index (χ3v) is 4.37. The highest BCUT2D eigenvalue weighted by Crippen LogP contribution is 2.24. The fourth-order valence-corrected chi connectivity index (χ4v) is 2.98. The van der Waals surface area contributed by atoms with Gasteiger partial charge in [-0.05, 0) is 37.0 Å². The average Bonchev–Trinajstić information content (AvgIpc) is 2.62. The van der Waals surface area contributed by atoms with Crippen LogP contribution in [0, 0.1) is 11.8 Å². The first-order valence-electron chi connectivity index (χ1n) is 7.94. The smallest absolute Gasteiger partial charge is 0.308 e. The summed E-state index contributed by atoms with van der Waals surface area (Å²) >= 11 is 0. The van der Waals surface area contributed by atoms with Crippen molar-refractivity contribution >= 4 is 22.9 Å². The van der Waals surface area contributed by atoms with Gasteiger partial charge in [0.1, 0.15) is 0 Å². The molecule has 0 bridgehead atoms. The van der Waals surface area contributed by atoms with Crippen LogP contribution in [0.15, 0.2) is 30.6 Å². The van der Waals surface area contributed by atoms with Gasteiger partial charge in [0.2, 0.25) is 0 Å². The Labute approximate surface area is 139 Å². The van der Waals surface area contributed by atoms with E-state index in [1.165, 1.54) is 0 Å². The molecule has 1 atom stereocenters. The molecule has 0 spiro atoms. The van der Waals surface area contributed by atoms with Crippen LogP contribution in [0.5, 0.6) is 0 Å². The Morgan fingerprint density at radius 2 is 1.92 bits per heavy atom. The standard InChI is InChI=1S/C17H19N3O4/c21-16(12-1-2-14-15(9-12)19-6-5-18-14)20-10-13(17(22)23)11-3-7-24-8-4-11/h1-2,5-6,9,11,13H,3-4,7-8,10H2,(H,20,21)(H,22,23). The third kappa shape index (κ3) is 3.68. The van der Waals surface area contributed by atoms with Crippen LogP contribution < -0.4 is 5.32 Å². The molecule has 0 saturated carbocycles. The number of aliphatic carboxylic acids is 1. The van der Waals surface area contributed by atoms with E-state index in [1.807, 2.05) is 0 Å². The van der Waals surface area contributed by atoms with Gasteiger partial charge >= 0.3 is 5.97 Å². The van der Waals surface area contributed by atoms with Gasteiger partial charge in [0, 0.05) is 37.7 Å². The number of rotatable bonds is 5. The Bertz CT molecular complexity index is 743. The van der Waals surface area contributed by atoms with Crippen LogP contribution in [0.4, 0.5) is 0 Å². The summed E-state index contributed by atoms with van der Waals surface area (Å²) in [7, 11) is 0. The second-order valence-electron chi connectivity index (χ2n) is 5.86. The first kappa shape index (κ1) is 16.3. The molecular formula is C17H19N3O4. The van der Waals surface area contributed by atoms with E-state index in [9.17, 15) is 14.7 Å². The highest BCUT2D eigenvalue weighted by Gasteiger charge is 2.30. The van der Waals surface area contributed by atoms with Crippen LogP contribution in [-0.2, 0) is 9.53 Å². The van der Waals surface area contributed by atoms with E-state index < -0.39 is 11.9 Å². The first-order chi connectivity index (χ1) is 11.6. The summed E-state index contributed by atoms with van der Waals surface area (Å²) < 4.78 is 5.27. The molecule has 24 heavy (non-hydrogen) atoms. The monoisotopic (exact) mass is 329 g/mol. The number of fused-ring (bicyclic) bond motifs is 1. The molecule has 7 nitrogen and oxygen atoms in total. The van der Waals surface area contributed by atoms with Crippen molar-refractivity contribution in [3.05, 3.63) is 36.2 Å². The van der Waals surface area contributed by atoms with Gasteiger partial charge in [-0.3, -0.25) is 19.6 Å². The van der Waals surface area contributed by atoms with Crippen molar-refractivity contribution in [3.63, 3.8) is 0 Å². The maximum absolute atomic E-state index is 12.3. The molecule has 3 rings (SSSR count). The van der Waals surface area contributed by atoms with Gasteiger partial charge in [0.25, 0.3) is 5.91 Å². The summed E-state index contributed by atoms with van der Waals surface area (Å²) in [5.74, 6) is -1.76. The zero-order valence-corrected chi connectivity index (χ0v) is 13.1. The molecule has 126 valence electrons. The summed E-state index contributed by atoms with van der Waals surface area (Å²) in [6, 6.07) is 5.04. The number of ether oxygens (including phenoxy) is 1. The molecule has 1 unspecified atom stereocenters. The SMILES string of the molecule is O=C(NCC(C(=O)O)C1CCOCC1)c1ccc2nccnc2c1. The van der Waals surface area contributed by atoms with E-state index >= 15 is 0 Å². The van der Waals surface area contributed by atoms with Crippen LogP contribution in [-0.4, -0.2) is 46.7 Å². The minimum Gasteiger partial charge on any atom is -0.481 e. The van der Waals surface area contributed by atoms with Gasteiger partial charge in [-0.1, -0.05) is 0 Å². The van der Waals surface area contributed by atoms with Crippen molar-refractivity contribution in [1.29, 1.82) is 0 Å². The number of hydrogen-bond donors (Lipinski definition) is 2. The lowest BCUT2D eigenvalue weighted by atomic mass is 9.86. The van der Waals surface area contributed by atoms with Crippen molar-refractivity contribution < 1.29 is 19.4 Å². The van der Waals surface area contributed by atoms with Crippen molar-refractivity contribution in [2.45, 2.75) is 12.8 Å². The quantitative estimate of drug-likeness (QED) is 0.862. The number of amides is 1. The predicted octanol–water partition coefficient (Wildman–Crippen LogP) is 1.49. The highest BCUT2D eigenvalue weighted by atomic mass is 16.5. The number of hydrogen-bond acceptors (Lipinski definition) is 5. The van der Waals surface area contributed by atoms with Gasteiger partial charge in [0.05, 0.1) is 17.0 Å². The van der Waals surface area contributed by atoms with Crippen LogP contribution in [0.1, 0.15) is 23.2 Å². The maximum Gasteiger partial charge on any atom is 0.308 e. The fourth-order valence-electron chi connectivity index (χ4n) is 2.98. The molecule has 1 amide bonds. The molecule has 0 aliphatic carbocycles. The van der Waals surface area contributed by atoms with E-state index in [2.05, 4.69) is 15.3 Å². The van der Waals surface area contributed by atoms with Gasteiger partial charge in [-0.15, -0.1) is 0 Å². The van der Waals surface area contributed by atoms with E-state index in [0.717, 1.165) is 0 Å². The number of carboxylic acids is 1. The molecule has 0 radical (unpaired) electrons. The third-order valence-electron chi connectivity index (χ3n) is 4.37. The lowest BCUT2D eigenvalue weighted by Crippen LogP contribution is -2.39. The van der Waals surface area contributed by atoms with Crippen molar-refractivity contribution in [2.24, 2.45) is 11.8 Å². The molecule has 2 N–H and O–H groups in total. The molecular weight excluding hydrogens is 310 g/mol. The van der Waals surface area contributed by atoms with Gasteiger partial charge in [-0.2, -0.15) is 0 Å². The molecule has 1 aromatic carbocycles. The minimum absolute atomic E-state index is 0.0269. The maximum atomic E-state index is 12.3. The van der Waals surface area contributed by atoms with E-state index in [-0.39, 0.29) is 18.4 Å². The summed E-state index contributed by atoms with van der Waals surface area (Å²) in [4.78, 5) is 32.2. The lowest BCUT2D eigenvalue weighted by molar-refractivity contribution is -0.144. The van der Waals surface area contributed by atoms with Crippen LogP contribution in [0.3, 0.4) is 0 Å². The second kappa shape index (κ2) is 7.35. The average molecular weight is 329 g/mol. The Kier molecular flexibility index (Phi) is 5.00.